The fourth-order valence-corrected chi connectivity index (χ4v) is 7.64. The predicted octanol–water partition coefficient (Wildman–Crippen LogP) is 10.4. The van der Waals surface area contributed by atoms with Crippen LogP contribution in [0.25, 0.3) is 80.6 Å². The number of benzene rings is 6. The molecule has 0 spiro atoms. The third-order valence-electron chi connectivity index (χ3n) is 8.42. The molecule has 0 saturated heterocycles. The van der Waals surface area contributed by atoms with Crippen LogP contribution >= 0.6 is 11.3 Å². The summed E-state index contributed by atoms with van der Waals surface area (Å²) in [6.45, 7) is 0. The van der Waals surface area contributed by atoms with Crippen LogP contribution < -0.4 is 0 Å². The molecule has 4 heteroatoms. The maximum absolute atomic E-state index is 10.0. The second kappa shape index (κ2) is 8.75. The van der Waals surface area contributed by atoms with Gasteiger partial charge in [-0.15, -0.1) is 11.3 Å². The number of nitrogens with zero attached hydrogens (tertiary/aromatic N) is 3. The van der Waals surface area contributed by atoms with E-state index in [0.29, 0.717) is 5.56 Å². The standard InChI is InChI=1S/C38H21N3S/c39-22-26-21-37(40-32-11-5-3-8-27(26)32)41-33-17-15-24(19-31(33)38-28-9-2-1-7-23(28)14-18-34(38)41)25-13-16-30-29-10-4-6-12-35(29)42-36(30)20-25/h1-21H. The van der Waals surface area contributed by atoms with Crippen molar-refractivity contribution < 1.29 is 0 Å². The Kier molecular flexibility index (Phi) is 4.84. The van der Waals surface area contributed by atoms with Gasteiger partial charge in [-0.2, -0.15) is 5.26 Å². The Morgan fingerprint density at radius 3 is 2.19 bits per heavy atom. The number of aromatic nitrogens is 2. The maximum Gasteiger partial charge on any atom is 0.139 e. The van der Waals surface area contributed by atoms with Crippen molar-refractivity contribution in [3.8, 4) is 23.0 Å². The lowest BCUT2D eigenvalue weighted by Gasteiger charge is -2.10. The highest BCUT2D eigenvalue weighted by Gasteiger charge is 2.18. The minimum absolute atomic E-state index is 0.625. The first kappa shape index (κ1) is 23.2. The minimum Gasteiger partial charge on any atom is -0.294 e. The molecule has 0 aliphatic heterocycles. The minimum atomic E-state index is 0.625. The number of thiophene rings is 1. The largest absolute Gasteiger partial charge is 0.294 e. The molecule has 42 heavy (non-hydrogen) atoms. The smallest absolute Gasteiger partial charge is 0.139 e. The molecule has 194 valence electrons. The molecule has 3 nitrogen and oxygen atoms in total. The van der Waals surface area contributed by atoms with Gasteiger partial charge >= 0.3 is 0 Å². The van der Waals surface area contributed by atoms with Crippen LogP contribution in [0.1, 0.15) is 5.56 Å². The monoisotopic (exact) mass is 551 g/mol. The number of para-hydroxylation sites is 1. The van der Waals surface area contributed by atoms with Gasteiger partial charge in [0.2, 0.25) is 0 Å². The van der Waals surface area contributed by atoms with Gasteiger partial charge in [0.15, 0.2) is 0 Å². The van der Waals surface area contributed by atoms with Crippen LogP contribution in [0.4, 0.5) is 0 Å². The van der Waals surface area contributed by atoms with E-state index >= 15 is 0 Å². The van der Waals surface area contributed by atoms with Crippen molar-refractivity contribution in [1.29, 1.82) is 5.26 Å². The van der Waals surface area contributed by atoms with Crippen LogP contribution in [-0.2, 0) is 0 Å². The SMILES string of the molecule is N#Cc1cc(-n2c3ccc(-c4ccc5c(c4)sc4ccccc45)cc3c3c4ccccc4ccc32)nc2ccccc12. The van der Waals surface area contributed by atoms with Crippen LogP contribution in [0.15, 0.2) is 127 Å². The third-order valence-corrected chi connectivity index (χ3v) is 9.55. The van der Waals surface area contributed by atoms with Crippen LogP contribution in [0, 0.1) is 11.3 Å². The van der Waals surface area contributed by atoms with E-state index in [4.69, 9.17) is 4.98 Å². The van der Waals surface area contributed by atoms with E-state index in [1.165, 1.54) is 52.8 Å². The Morgan fingerprint density at radius 1 is 0.571 bits per heavy atom. The highest BCUT2D eigenvalue weighted by atomic mass is 32.1. The van der Waals surface area contributed by atoms with Crippen molar-refractivity contribution in [1.82, 2.24) is 9.55 Å². The Hall–Kier alpha value is -5.50. The summed E-state index contributed by atoms with van der Waals surface area (Å²) < 4.78 is 4.82. The van der Waals surface area contributed by atoms with E-state index in [0.717, 1.165) is 27.8 Å². The van der Waals surface area contributed by atoms with Crippen molar-refractivity contribution >= 4 is 75.0 Å². The molecular formula is C38H21N3S. The zero-order valence-corrected chi connectivity index (χ0v) is 23.2. The van der Waals surface area contributed by atoms with Gasteiger partial charge in [0.25, 0.3) is 0 Å². The van der Waals surface area contributed by atoms with Gasteiger partial charge < -0.3 is 0 Å². The Balaban J connectivity index is 1.35. The highest BCUT2D eigenvalue weighted by Crippen LogP contribution is 2.40. The van der Waals surface area contributed by atoms with Crippen LogP contribution in [0.5, 0.6) is 0 Å². The molecule has 3 aromatic heterocycles. The van der Waals surface area contributed by atoms with Gasteiger partial charge in [-0.25, -0.2) is 4.98 Å². The lowest BCUT2D eigenvalue weighted by atomic mass is 9.99. The molecule has 0 atom stereocenters. The van der Waals surface area contributed by atoms with E-state index in [-0.39, 0.29) is 0 Å². The Morgan fingerprint density at radius 2 is 1.29 bits per heavy atom. The molecule has 0 saturated carbocycles. The van der Waals surface area contributed by atoms with Crippen molar-refractivity contribution in [3.05, 3.63) is 133 Å². The zero-order valence-electron chi connectivity index (χ0n) is 22.4. The van der Waals surface area contributed by atoms with Crippen molar-refractivity contribution in [2.75, 3.05) is 0 Å². The Bertz CT molecular complexity index is 2600. The van der Waals surface area contributed by atoms with Gasteiger partial charge in [-0.1, -0.05) is 84.9 Å². The number of pyridine rings is 1. The summed E-state index contributed by atoms with van der Waals surface area (Å²) >= 11 is 1.85. The fraction of sp³-hybridized carbons (Fsp3) is 0. The number of hydrogen-bond donors (Lipinski definition) is 0. The second-order valence-corrected chi connectivity index (χ2v) is 11.8. The predicted molar refractivity (Wildman–Crippen MR) is 177 cm³/mol. The van der Waals surface area contributed by atoms with Gasteiger partial charge in [-0.3, -0.25) is 4.57 Å². The van der Waals surface area contributed by atoms with Gasteiger partial charge in [-0.05, 0) is 64.4 Å². The molecule has 0 fully saturated rings. The van der Waals surface area contributed by atoms with Crippen LogP contribution in [-0.4, -0.2) is 9.55 Å². The molecule has 9 rings (SSSR count). The number of hydrogen-bond acceptors (Lipinski definition) is 3. The first-order valence-electron chi connectivity index (χ1n) is 13.9. The molecule has 0 N–H and O–H groups in total. The Labute approximate surface area is 245 Å². The van der Waals surface area contributed by atoms with E-state index < -0.39 is 0 Å². The molecule has 0 aliphatic rings. The molecule has 0 radical (unpaired) electrons. The van der Waals surface area contributed by atoms with Crippen molar-refractivity contribution in [2.45, 2.75) is 0 Å². The van der Waals surface area contributed by atoms with E-state index in [1.807, 2.05) is 41.7 Å². The average molecular weight is 552 g/mol. The summed E-state index contributed by atoms with van der Waals surface area (Å²) in [7, 11) is 0. The summed E-state index contributed by atoms with van der Waals surface area (Å²) in [5.41, 5.74) is 5.97. The summed E-state index contributed by atoms with van der Waals surface area (Å²) in [6, 6.07) is 47.3. The number of fused-ring (bicyclic) bond motifs is 9. The molecular weight excluding hydrogens is 531 g/mol. The highest BCUT2D eigenvalue weighted by molar-refractivity contribution is 7.25. The third kappa shape index (κ3) is 3.29. The van der Waals surface area contributed by atoms with Crippen molar-refractivity contribution in [2.24, 2.45) is 0 Å². The van der Waals surface area contributed by atoms with E-state index in [1.54, 1.807) is 0 Å². The summed E-state index contributed by atoms with van der Waals surface area (Å²) in [4.78, 5) is 5.06. The fourth-order valence-electron chi connectivity index (χ4n) is 6.49. The van der Waals surface area contributed by atoms with Crippen LogP contribution in [0.2, 0.25) is 0 Å². The van der Waals surface area contributed by atoms with Gasteiger partial charge in [0.05, 0.1) is 28.2 Å². The average Bonchev–Trinajstić information content (AvgIpc) is 3.59. The van der Waals surface area contributed by atoms with Crippen molar-refractivity contribution in [3.63, 3.8) is 0 Å². The summed E-state index contributed by atoms with van der Waals surface area (Å²) in [5, 5.41) is 18.3. The number of rotatable bonds is 2. The maximum atomic E-state index is 10.0. The zero-order chi connectivity index (χ0) is 27.8. The lowest BCUT2D eigenvalue weighted by molar-refractivity contribution is 1.10. The molecule has 3 heterocycles. The molecule has 6 aromatic carbocycles. The molecule has 0 bridgehead atoms. The molecule has 0 amide bonds. The molecule has 0 aliphatic carbocycles. The van der Waals surface area contributed by atoms with E-state index in [9.17, 15) is 5.26 Å². The quantitative estimate of drug-likeness (QED) is 0.214. The van der Waals surface area contributed by atoms with E-state index in [2.05, 4.69) is 108 Å². The first-order valence-corrected chi connectivity index (χ1v) is 14.8. The summed E-state index contributed by atoms with van der Waals surface area (Å²) in [5.74, 6) is 0.750. The topological polar surface area (TPSA) is 41.6 Å². The number of nitriles is 1. The van der Waals surface area contributed by atoms with Gasteiger partial charge in [0.1, 0.15) is 5.82 Å². The van der Waals surface area contributed by atoms with Gasteiger partial charge in [0, 0.05) is 36.3 Å². The molecule has 9 aromatic rings. The summed E-state index contributed by atoms with van der Waals surface area (Å²) in [6.07, 6.45) is 0. The van der Waals surface area contributed by atoms with Crippen LogP contribution in [0.3, 0.4) is 0 Å². The second-order valence-electron chi connectivity index (χ2n) is 10.7. The first-order chi connectivity index (χ1) is 20.8. The normalized spacial score (nSPS) is 11.8. The lowest BCUT2D eigenvalue weighted by Crippen LogP contribution is -1.99. The molecule has 0 unspecified atom stereocenters.